The van der Waals surface area contributed by atoms with Gasteiger partial charge in [0.25, 0.3) is 0 Å². The van der Waals surface area contributed by atoms with Crippen LogP contribution in [0, 0.1) is 5.92 Å². The van der Waals surface area contributed by atoms with Crippen LogP contribution in [0.15, 0.2) is 24.5 Å². The summed E-state index contributed by atoms with van der Waals surface area (Å²) in [6.45, 7) is 7.56. The highest BCUT2D eigenvalue weighted by Gasteiger charge is 2.14. The summed E-state index contributed by atoms with van der Waals surface area (Å²) >= 11 is 0. The average Bonchev–Trinajstić information content (AvgIpc) is 2.76. The van der Waals surface area contributed by atoms with Gasteiger partial charge in [0.15, 0.2) is 0 Å². The lowest BCUT2D eigenvalue weighted by Crippen LogP contribution is -2.08. The van der Waals surface area contributed by atoms with E-state index in [1.807, 2.05) is 24.5 Å². The summed E-state index contributed by atoms with van der Waals surface area (Å²) in [6.07, 6.45) is 4.60. The third kappa shape index (κ3) is 1.97. The molecule has 0 fully saturated rings. The maximum absolute atomic E-state index is 4.69. The van der Waals surface area contributed by atoms with Crippen LogP contribution in [0.1, 0.15) is 26.6 Å². The van der Waals surface area contributed by atoms with Gasteiger partial charge in [0, 0.05) is 19.2 Å². The molecule has 0 aliphatic rings. The van der Waals surface area contributed by atoms with E-state index in [0.29, 0.717) is 5.92 Å². The lowest BCUT2D eigenvalue weighted by atomic mass is 10.2. The van der Waals surface area contributed by atoms with Gasteiger partial charge in [0.2, 0.25) is 0 Å². The molecular formula is C15H18N4. The molecule has 3 rings (SSSR count). The second-order valence-electron chi connectivity index (χ2n) is 5.25. The lowest BCUT2D eigenvalue weighted by molar-refractivity contribution is 0.519. The molecule has 0 aliphatic carbocycles. The van der Waals surface area contributed by atoms with Crippen LogP contribution in [0.3, 0.4) is 0 Å². The summed E-state index contributed by atoms with van der Waals surface area (Å²) in [5, 5.41) is 0. The third-order valence-corrected chi connectivity index (χ3v) is 3.27. The average molecular weight is 254 g/mol. The van der Waals surface area contributed by atoms with Gasteiger partial charge in [-0.2, -0.15) is 0 Å². The van der Waals surface area contributed by atoms with E-state index in [1.165, 1.54) is 0 Å². The SMILES string of the molecule is CCc1nc2cnc3cccnc3c2n1CC(C)C. The molecule has 19 heavy (non-hydrogen) atoms. The van der Waals surface area contributed by atoms with Crippen molar-refractivity contribution >= 4 is 22.1 Å². The Morgan fingerprint density at radius 3 is 2.79 bits per heavy atom. The number of fused-ring (bicyclic) bond motifs is 3. The Kier molecular flexibility index (Phi) is 2.93. The molecule has 0 spiro atoms. The summed E-state index contributed by atoms with van der Waals surface area (Å²) in [7, 11) is 0. The Labute approximate surface area is 112 Å². The Morgan fingerprint density at radius 2 is 2.05 bits per heavy atom. The Hall–Kier alpha value is -1.97. The van der Waals surface area contributed by atoms with E-state index in [1.54, 1.807) is 0 Å². The molecule has 0 saturated carbocycles. The van der Waals surface area contributed by atoms with Crippen molar-refractivity contribution in [3.8, 4) is 0 Å². The van der Waals surface area contributed by atoms with Crippen LogP contribution in [0.25, 0.3) is 22.1 Å². The van der Waals surface area contributed by atoms with Crippen molar-refractivity contribution in [2.24, 2.45) is 5.92 Å². The molecule has 3 aromatic heterocycles. The minimum Gasteiger partial charge on any atom is -0.326 e. The first-order valence-electron chi connectivity index (χ1n) is 6.79. The first-order valence-corrected chi connectivity index (χ1v) is 6.79. The first kappa shape index (κ1) is 12.1. The van der Waals surface area contributed by atoms with Gasteiger partial charge in [0.05, 0.1) is 17.2 Å². The van der Waals surface area contributed by atoms with E-state index in [0.717, 1.165) is 40.9 Å². The van der Waals surface area contributed by atoms with Crippen molar-refractivity contribution in [3.05, 3.63) is 30.4 Å². The van der Waals surface area contributed by atoms with E-state index < -0.39 is 0 Å². The molecule has 0 aliphatic heterocycles. The molecule has 0 aromatic carbocycles. The molecule has 4 heteroatoms. The second kappa shape index (κ2) is 4.61. The van der Waals surface area contributed by atoms with Crippen LogP contribution in [0.5, 0.6) is 0 Å². The lowest BCUT2D eigenvalue weighted by Gasteiger charge is -2.11. The summed E-state index contributed by atoms with van der Waals surface area (Å²) in [5.74, 6) is 1.69. The molecule has 0 radical (unpaired) electrons. The molecule has 0 saturated heterocycles. The molecule has 0 bridgehead atoms. The molecule has 0 atom stereocenters. The molecule has 0 N–H and O–H groups in total. The van der Waals surface area contributed by atoms with Gasteiger partial charge in [-0.3, -0.25) is 9.97 Å². The van der Waals surface area contributed by atoms with Gasteiger partial charge in [-0.1, -0.05) is 20.8 Å². The van der Waals surface area contributed by atoms with Crippen LogP contribution in [0.2, 0.25) is 0 Å². The highest BCUT2D eigenvalue weighted by molar-refractivity contribution is 5.99. The predicted molar refractivity (Wildman–Crippen MR) is 77.0 cm³/mol. The topological polar surface area (TPSA) is 43.6 Å². The Balaban J connectivity index is 2.38. The zero-order chi connectivity index (χ0) is 13.4. The normalized spacial score (nSPS) is 11.8. The van der Waals surface area contributed by atoms with Crippen LogP contribution >= 0.6 is 0 Å². The number of hydrogen-bond donors (Lipinski definition) is 0. The van der Waals surface area contributed by atoms with Crippen LogP contribution in [-0.2, 0) is 13.0 Å². The maximum atomic E-state index is 4.69. The maximum Gasteiger partial charge on any atom is 0.115 e. The van der Waals surface area contributed by atoms with Crippen molar-refractivity contribution in [2.45, 2.75) is 33.7 Å². The quantitative estimate of drug-likeness (QED) is 0.721. The zero-order valence-corrected chi connectivity index (χ0v) is 11.6. The summed E-state index contributed by atoms with van der Waals surface area (Å²) in [4.78, 5) is 13.6. The van der Waals surface area contributed by atoms with Gasteiger partial charge >= 0.3 is 0 Å². The fraction of sp³-hybridized carbons (Fsp3) is 0.400. The minimum absolute atomic E-state index is 0.578. The minimum atomic E-state index is 0.578. The van der Waals surface area contributed by atoms with Crippen molar-refractivity contribution in [1.29, 1.82) is 0 Å². The van der Waals surface area contributed by atoms with Gasteiger partial charge < -0.3 is 4.57 Å². The molecule has 0 unspecified atom stereocenters. The van der Waals surface area contributed by atoms with Crippen LogP contribution in [-0.4, -0.2) is 19.5 Å². The number of nitrogens with zero attached hydrogens (tertiary/aromatic N) is 4. The molecule has 3 aromatic rings. The standard InChI is InChI=1S/C15H18N4/c1-4-13-18-12-8-17-11-6-5-7-16-14(11)15(12)19(13)9-10(2)3/h5-8,10H,4,9H2,1-3H3. The Morgan fingerprint density at radius 1 is 1.21 bits per heavy atom. The third-order valence-electron chi connectivity index (χ3n) is 3.27. The summed E-state index contributed by atoms with van der Waals surface area (Å²) in [6, 6.07) is 3.92. The first-order chi connectivity index (χ1) is 9.20. The fourth-order valence-corrected chi connectivity index (χ4v) is 2.50. The smallest absolute Gasteiger partial charge is 0.115 e. The number of imidazole rings is 1. The number of aryl methyl sites for hydroxylation is 1. The summed E-state index contributed by atoms with van der Waals surface area (Å²) in [5.41, 5.74) is 3.95. The van der Waals surface area contributed by atoms with Crippen molar-refractivity contribution in [1.82, 2.24) is 19.5 Å². The predicted octanol–water partition coefficient (Wildman–Crippen LogP) is 3.20. The number of aromatic nitrogens is 4. The fourth-order valence-electron chi connectivity index (χ4n) is 2.50. The zero-order valence-electron chi connectivity index (χ0n) is 11.6. The molecule has 98 valence electrons. The van der Waals surface area contributed by atoms with Crippen molar-refractivity contribution in [3.63, 3.8) is 0 Å². The molecule has 3 heterocycles. The Bertz CT molecular complexity index is 727. The van der Waals surface area contributed by atoms with E-state index in [2.05, 4.69) is 35.3 Å². The number of rotatable bonds is 3. The van der Waals surface area contributed by atoms with Gasteiger partial charge in [-0.05, 0) is 18.1 Å². The second-order valence-corrected chi connectivity index (χ2v) is 5.25. The molecular weight excluding hydrogens is 236 g/mol. The van der Waals surface area contributed by atoms with E-state index in [-0.39, 0.29) is 0 Å². The summed E-state index contributed by atoms with van der Waals surface area (Å²) < 4.78 is 2.30. The van der Waals surface area contributed by atoms with Gasteiger partial charge in [-0.15, -0.1) is 0 Å². The number of hydrogen-bond acceptors (Lipinski definition) is 3. The monoisotopic (exact) mass is 254 g/mol. The van der Waals surface area contributed by atoms with E-state index in [9.17, 15) is 0 Å². The van der Waals surface area contributed by atoms with Gasteiger partial charge in [0.1, 0.15) is 16.9 Å². The van der Waals surface area contributed by atoms with Crippen LogP contribution < -0.4 is 0 Å². The highest BCUT2D eigenvalue weighted by atomic mass is 15.1. The van der Waals surface area contributed by atoms with Crippen molar-refractivity contribution in [2.75, 3.05) is 0 Å². The van der Waals surface area contributed by atoms with Crippen molar-refractivity contribution < 1.29 is 0 Å². The van der Waals surface area contributed by atoms with Crippen LogP contribution in [0.4, 0.5) is 0 Å². The highest BCUT2D eigenvalue weighted by Crippen LogP contribution is 2.24. The molecule has 0 amide bonds. The van der Waals surface area contributed by atoms with Gasteiger partial charge in [-0.25, -0.2) is 4.98 Å². The largest absolute Gasteiger partial charge is 0.326 e. The molecule has 4 nitrogen and oxygen atoms in total. The number of pyridine rings is 2. The van der Waals surface area contributed by atoms with E-state index in [4.69, 9.17) is 4.98 Å². The van der Waals surface area contributed by atoms with E-state index >= 15 is 0 Å².